The van der Waals surface area contributed by atoms with E-state index in [9.17, 15) is 4.79 Å². The van der Waals surface area contributed by atoms with Crippen molar-refractivity contribution in [2.75, 3.05) is 5.33 Å². The van der Waals surface area contributed by atoms with Crippen LogP contribution in [0.4, 0.5) is 0 Å². The van der Waals surface area contributed by atoms with Gasteiger partial charge in [-0.3, -0.25) is 9.63 Å². The summed E-state index contributed by atoms with van der Waals surface area (Å²) in [6.45, 7) is 0. The van der Waals surface area contributed by atoms with Gasteiger partial charge in [0, 0.05) is 11.8 Å². The predicted octanol–water partition coefficient (Wildman–Crippen LogP) is 2.54. The SMILES string of the molecule is O=C(CCCCBr)NOC1CCCC1. The molecule has 0 bridgehead atoms. The number of alkyl halides is 1. The Hall–Kier alpha value is -0.0900. The monoisotopic (exact) mass is 263 g/mol. The molecule has 0 heterocycles. The Kier molecular flexibility index (Phi) is 6.19. The summed E-state index contributed by atoms with van der Waals surface area (Å²) in [5.41, 5.74) is 2.53. The van der Waals surface area contributed by atoms with E-state index in [-0.39, 0.29) is 12.0 Å². The lowest BCUT2D eigenvalue weighted by Gasteiger charge is -2.10. The molecule has 0 saturated heterocycles. The quantitative estimate of drug-likeness (QED) is 0.455. The first-order valence-electron chi connectivity index (χ1n) is 5.33. The van der Waals surface area contributed by atoms with E-state index in [0.717, 1.165) is 31.0 Å². The minimum Gasteiger partial charge on any atom is -0.273 e. The maximum Gasteiger partial charge on any atom is 0.243 e. The predicted molar refractivity (Wildman–Crippen MR) is 59.1 cm³/mol. The van der Waals surface area contributed by atoms with Crippen molar-refractivity contribution in [1.29, 1.82) is 0 Å². The highest BCUT2D eigenvalue weighted by Gasteiger charge is 2.16. The molecule has 1 aliphatic rings. The molecular weight excluding hydrogens is 246 g/mol. The minimum atomic E-state index is 0.0119. The average Bonchev–Trinajstić information content (AvgIpc) is 2.68. The zero-order chi connectivity index (χ0) is 10.2. The second-order valence-electron chi connectivity index (χ2n) is 3.70. The van der Waals surface area contributed by atoms with Crippen LogP contribution in [0.15, 0.2) is 0 Å². The molecule has 0 spiro atoms. The Morgan fingerprint density at radius 3 is 2.71 bits per heavy atom. The molecular formula is C10H18BrNO2. The van der Waals surface area contributed by atoms with Crippen LogP contribution in [0.2, 0.25) is 0 Å². The van der Waals surface area contributed by atoms with Crippen molar-refractivity contribution in [2.24, 2.45) is 0 Å². The van der Waals surface area contributed by atoms with Crippen LogP contribution in [0.3, 0.4) is 0 Å². The zero-order valence-electron chi connectivity index (χ0n) is 8.43. The van der Waals surface area contributed by atoms with Gasteiger partial charge >= 0.3 is 0 Å². The van der Waals surface area contributed by atoms with Crippen molar-refractivity contribution in [2.45, 2.75) is 51.0 Å². The molecule has 82 valence electrons. The third kappa shape index (κ3) is 4.96. The van der Waals surface area contributed by atoms with E-state index in [4.69, 9.17) is 4.84 Å². The Bertz CT molecular complexity index is 170. The molecule has 0 atom stereocenters. The van der Waals surface area contributed by atoms with Crippen LogP contribution >= 0.6 is 15.9 Å². The standard InChI is InChI=1S/C10H18BrNO2/c11-8-4-3-7-10(13)12-14-9-5-1-2-6-9/h9H,1-8H2,(H,12,13). The fraction of sp³-hybridized carbons (Fsp3) is 0.900. The molecule has 0 unspecified atom stereocenters. The molecule has 1 aliphatic carbocycles. The first-order valence-corrected chi connectivity index (χ1v) is 6.45. The number of unbranched alkanes of at least 4 members (excludes halogenated alkanes) is 1. The number of hydrogen-bond acceptors (Lipinski definition) is 2. The highest BCUT2D eigenvalue weighted by Crippen LogP contribution is 2.19. The summed E-state index contributed by atoms with van der Waals surface area (Å²) >= 11 is 3.33. The van der Waals surface area contributed by atoms with E-state index in [0.29, 0.717) is 6.42 Å². The van der Waals surface area contributed by atoms with Crippen LogP contribution < -0.4 is 5.48 Å². The van der Waals surface area contributed by atoms with Gasteiger partial charge in [-0.1, -0.05) is 28.8 Å². The second-order valence-corrected chi connectivity index (χ2v) is 4.49. The first-order chi connectivity index (χ1) is 6.83. The molecule has 0 aromatic carbocycles. The van der Waals surface area contributed by atoms with E-state index < -0.39 is 0 Å². The molecule has 1 rings (SSSR count). The van der Waals surface area contributed by atoms with Crippen molar-refractivity contribution in [3.8, 4) is 0 Å². The van der Waals surface area contributed by atoms with E-state index in [1.807, 2.05) is 0 Å². The highest BCUT2D eigenvalue weighted by atomic mass is 79.9. The number of carbonyl (C=O) groups is 1. The first kappa shape index (κ1) is 12.0. The van der Waals surface area contributed by atoms with Gasteiger partial charge in [0.15, 0.2) is 0 Å². The van der Waals surface area contributed by atoms with Crippen LogP contribution in [-0.4, -0.2) is 17.3 Å². The zero-order valence-corrected chi connectivity index (χ0v) is 10.0. The van der Waals surface area contributed by atoms with Crippen LogP contribution in [0, 0.1) is 0 Å². The van der Waals surface area contributed by atoms with Crippen LogP contribution in [0.25, 0.3) is 0 Å². The normalized spacial score (nSPS) is 17.2. The van der Waals surface area contributed by atoms with Gasteiger partial charge in [-0.2, -0.15) is 0 Å². The highest BCUT2D eigenvalue weighted by molar-refractivity contribution is 9.09. The molecule has 0 radical (unpaired) electrons. The van der Waals surface area contributed by atoms with Gasteiger partial charge in [0.25, 0.3) is 0 Å². The lowest BCUT2D eigenvalue weighted by Crippen LogP contribution is -2.28. The molecule has 1 N–H and O–H groups in total. The number of nitrogens with one attached hydrogen (secondary N) is 1. The van der Waals surface area contributed by atoms with E-state index in [2.05, 4.69) is 21.4 Å². The number of halogens is 1. The molecule has 0 aliphatic heterocycles. The van der Waals surface area contributed by atoms with Gasteiger partial charge in [0.1, 0.15) is 0 Å². The van der Waals surface area contributed by atoms with E-state index in [1.165, 1.54) is 12.8 Å². The third-order valence-electron chi connectivity index (χ3n) is 2.43. The molecule has 0 aromatic heterocycles. The number of carbonyl (C=O) groups excluding carboxylic acids is 1. The van der Waals surface area contributed by atoms with Crippen molar-refractivity contribution in [3.05, 3.63) is 0 Å². The molecule has 3 nitrogen and oxygen atoms in total. The summed E-state index contributed by atoms with van der Waals surface area (Å²) in [5.74, 6) is 0.0119. The molecule has 1 amide bonds. The molecule has 1 fully saturated rings. The van der Waals surface area contributed by atoms with Gasteiger partial charge in [0.2, 0.25) is 5.91 Å². The van der Waals surface area contributed by atoms with Gasteiger partial charge < -0.3 is 0 Å². The van der Waals surface area contributed by atoms with E-state index in [1.54, 1.807) is 0 Å². The van der Waals surface area contributed by atoms with Gasteiger partial charge in [-0.25, -0.2) is 5.48 Å². The topological polar surface area (TPSA) is 38.3 Å². The summed E-state index contributed by atoms with van der Waals surface area (Å²) in [4.78, 5) is 16.5. The summed E-state index contributed by atoms with van der Waals surface area (Å²) in [6.07, 6.45) is 7.41. The van der Waals surface area contributed by atoms with Crippen molar-refractivity contribution in [1.82, 2.24) is 5.48 Å². The number of hydrogen-bond donors (Lipinski definition) is 1. The average molecular weight is 264 g/mol. The molecule has 1 saturated carbocycles. The fourth-order valence-corrected chi connectivity index (χ4v) is 1.98. The van der Waals surface area contributed by atoms with Crippen molar-refractivity contribution in [3.63, 3.8) is 0 Å². The molecule has 14 heavy (non-hydrogen) atoms. The summed E-state index contributed by atoms with van der Waals surface area (Å²) in [6, 6.07) is 0. The van der Waals surface area contributed by atoms with Gasteiger partial charge in [-0.15, -0.1) is 0 Å². The fourth-order valence-electron chi connectivity index (χ4n) is 1.59. The van der Waals surface area contributed by atoms with Crippen molar-refractivity contribution < 1.29 is 9.63 Å². The van der Waals surface area contributed by atoms with Crippen LogP contribution in [0.1, 0.15) is 44.9 Å². The summed E-state index contributed by atoms with van der Waals surface area (Å²) in [7, 11) is 0. The Morgan fingerprint density at radius 1 is 1.36 bits per heavy atom. The van der Waals surface area contributed by atoms with Gasteiger partial charge in [-0.05, 0) is 25.7 Å². The molecule has 4 heteroatoms. The number of hydroxylamine groups is 1. The molecule has 0 aromatic rings. The van der Waals surface area contributed by atoms with Crippen LogP contribution in [-0.2, 0) is 9.63 Å². The summed E-state index contributed by atoms with van der Waals surface area (Å²) in [5, 5.41) is 0.962. The lowest BCUT2D eigenvalue weighted by atomic mass is 10.2. The van der Waals surface area contributed by atoms with Gasteiger partial charge in [0.05, 0.1) is 6.10 Å². The summed E-state index contributed by atoms with van der Waals surface area (Å²) < 4.78 is 0. The number of rotatable bonds is 6. The Labute approximate surface area is 93.7 Å². The van der Waals surface area contributed by atoms with E-state index >= 15 is 0 Å². The third-order valence-corrected chi connectivity index (χ3v) is 2.99. The Balaban J connectivity index is 1.96. The van der Waals surface area contributed by atoms with Crippen LogP contribution in [0.5, 0.6) is 0 Å². The largest absolute Gasteiger partial charge is 0.273 e. The lowest BCUT2D eigenvalue weighted by molar-refractivity contribution is -0.138. The second kappa shape index (κ2) is 7.23. The van der Waals surface area contributed by atoms with Crippen molar-refractivity contribution >= 4 is 21.8 Å². The minimum absolute atomic E-state index is 0.0119. The maximum absolute atomic E-state index is 11.2. The number of amides is 1. The smallest absolute Gasteiger partial charge is 0.243 e. The maximum atomic E-state index is 11.2. The Morgan fingerprint density at radius 2 is 2.07 bits per heavy atom.